The predicted octanol–water partition coefficient (Wildman–Crippen LogP) is 0.590. The van der Waals surface area contributed by atoms with E-state index in [1.54, 1.807) is 11.8 Å². The molecule has 4 N–H and O–H groups in total. The highest BCUT2D eigenvalue weighted by atomic mass is 32.2. The molecule has 0 aromatic heterocycles. The second-order valence-corrected chi connectivity index (χ2v) is 5.07. The molecule has 0 aliphatic rings. The van der Waals surface area contributed by atoms with Crippen LogP contribution in [-0.2, 0) is 4.79 Å². The number of rotatable bonds is 8. The Bertz CT molecular complexity index is 202. The van der Waals surface area contributed by atoms with Crippen LogP contribution < -0.4 is 11.1 Å². The number of nitrogens with two attached hydrogens (primary N) is 1. The summed E-state index contributed by atoms with van der Waals surface area (Å²) in [5.74, 6) is 0.904. The molecule has 0 heterocycles. The van der Waals surface area contributed by atoms with Gasteiger partial charge in [-0.15, -0.1) is 0 Å². The first-order valence-electron chi connectivity index (χ1n) is 5.73. The third-order valence-corrected chi connectivity index (χ3v) is 3.40. The lowest BCUT2D eigenvalue weighted by molar-refractivity contribution is -0.123. The van der Waals surface area contributed by atoms with E-state index in [2.05, 4.69) is 5.32 Å². The van der Waals surface area contributed by atoms with Crippen LogP contribution in [0.2, 0.25) is 0 Å². The van der Waals surface area contributed by atoms with E-state index < -0.39 is 12.1 Å². The number of hydrogen-bond acceptors (Lipinski definition) is 4. The highest BCUT2D eigenvalue weighted by molar-refractivity contribution is 7.98. The third-order valence-electron chi connectivity index (χ3n) is 2.76. The third kappa shape index (κ3) is 6.35. The number of aliphatic hydroxyl groups excluding tert-OH is 1. The molecule has 1 amide bonds. The van der Waals surface area contributed by atoms with E-state index in [4.69, 9.17) is 5.73 Å². The lowest BCUT2D eigenvalue weighted by Gasteiger charge is -2.19. The van der Waals surface area contributed by atoms with E-state index in [9.17, 15) is 9.90 Å². The summed E-state index contributed by atoms with van der Waals surface area (Å²) >= 11 is 1.67. The minimum atomic E-state index is -0.485. The molecule has 16 heavy (non-hydrogen) atoms. The van der Waals surface area contributed by atoms with Crippen molar-refractivity contribution in [3.8, 4) is 0 Å². The zero-order valence-corrected chi connectivity index (χ0v) is 11.2. The number of amides is 1. The molecule has 0 rings (SSSR count). The van der Waals surface area contributed by atoms with Crippen LogP contribution in [0.4, 0.5) is 0 Å². The molecule has 0 aromatic carbocycles. The van der Waals surface area contributed by atoms with Crippen molar-refractivity contribution >= 4 is 17.7 Å². The maximum absolute atomic E-state index is 11.5. The van der Waals surface area contributed by atoms with Crippen molar-refractivity contribution in [1.82, 2.24) is 5.32 Å². The SMILES string of the molecule is CCC(C)C(O)CNC(=O)[C@@H](N)CCSC. The molecule has 0 radical (unpaired) electrons. The van der Waals surface area contributed by atoms with Gasteiger partial charge in [0, 0.05) is 6.54 Å². The summed E-state index contributed by atoms with van der Waals surface area (Å²) in [6, 6.07) is -0.461. The van der Waals surface area contributed by atoms with Crippen molar-refractivity contribution in [3.63, 3.8) is 0 Å². The van der Waals surface area contributed by atoms with Gasteiger partial charge in [-0.3, -0.25) is 4.79 Å². The number of carbonyl (C=O) groups is 1. The first-order chi connectivity index (χ1) is 7.52. The van der Waals surface area contributed by atoms with Crippen molar-refractivity contribution in [2.75, 3.05) is 18.6 Å². The Hall–Kier alpha value is -0.260. The van der Waals surface area contributed by atoms with Gasteiger partial charge in [0.25, 0.3) is 0 Å². The van der Waals surface area contributed by atoms with Crippen molar-refractivity contribution in [1.29, 1.82) is 0 Å². The fraction of sp³-hybridized carbons (Fsp3) is 0.909. The molecule has 0 aliphatic heterocycles. The van der Waals surface area contributed by atoms with E-state index >= 15 is 0 Å². The molecule has 0 fully saturated rings. The summed E-state index contributed by atoms with van der Waals surface area (Å²) in [5, 5.41) is 12.3. The summed E-state index contributed by atoms with van der Waals surface area (Å²) in [6.07, 6.45) is 3.07. The monoisotopic (exact) mass is 248 g/mol. The van der Waals surface area contributed by atoms with Gasteiger partial charge in [0.15, 0.2) is 0 Å². The van der Waals surface area contributed by atoms with E-state index in [1.165, 1.54) is 0 Å². The van der Waals surface area contributed by atoms with Crippen LogP contribution in [0.3, 0.4) is 0 Å². The van der Waals surface area contributed by atoms with Gasteiger partial charge < -0.3 is 16.2 Å². The second-order valence-electron chi connectivity index (χ2n) is 4.09. The van der Waals surface area contributed by atoms with Crippen LogP contribution >= 0.6 is 11.8 Å². The maximum atomic E-state index is 11.5. The Morgan fingerprint density at radius 1 is 1.56 bits per heavy atom. The van der Waals surface area contributed by atoms with E-state index in [-0.39, 0.29) is 11.8 Å². The fourth-order valence-corrected chi connectivity index (χ4v) is 1.68. The Morgan fingerprint density at radius 3 is 2.69 bits per heavy atom. The van der Waals surface area contributed by atoms with Crippen LogP contribution in [0.1, 0.15) is 26.7 Å². The van der Waals surface area contributed by atoms with E-state index in [0.29, 0.717) is 13.0 Å². The summed E-state index contributed by atoms with van der Waals surface area (Å²) < 4.78 is 0. The number of aliphatic hydroxyl groups is 1. The van der Waals surface area contributed by atoms with Gasteiger partial charge >= 0.3 is 0 Å². The standard InChI is InChI=1S/C11H24N2O2S/c1-4-8(2)10(14)7-13-11(15)9(12)5-6-16-3/h8-10,14H,4-7,12H2,1-3H3,(H,13,15)/t8?,9-,10?/m0/s1. The smallest absolute Gasteiger partial charge is 0.237 e. The molecule has 4 nitrogen and oxygen atoms in total. The second kappa shape index (κ2) is 8.84. The molecule has 5 heteroatoms. The highest BCUT2D eigenvalue weighted by Crippen LogP contribution is 2.06. The lowest BCUT2D eigenvalue weighted by Crippen LogP contribution is -2.44. The van der Waals surface area contributed by atoms with Crippen molar-refractivity contribution in [3.05, 3.63) is 0 Å². The van der Waals surface area contributed by atoms with Gasteiger partial charge in [-0.25, -0.2) is 0 Å². The summed E-state index contributed by atoms with van der Waals surface area (Å²) in [4.78, 5) is 11.5. The van der Waals surface area contributed by atoms with Crippen molar-refractivity contribution in [2.24, 2.45) is 11.7 Å². The van der Waals surface area contributed by atoms with Gasteiger partial charge in [0.2, 0.25) is 5.91 Å². The minimum absolute atomic E-state index is 0.170. The molecule has 0 aromatic rings. The lowest BCUT2D eigenvalue weighted by atomic mass is 10.0. The molecule has 0 spiro atoms. The van der Waals surface area contributed by atoms with E-state index in [0.717, 1.165) is 12.2 Å². The van der Waals surface area contributed by atoms with Gasteiger partial charge in [-0.2, -0.15) is 11.8 Å². The number of hydrogen-bond donors (Lipinski definition) is 3. The molecule has 3 atom stereocenters. The fourth-order valence-electron chi connectivity index (χ4n) is 1.19. The van der Waals surface area contributed by atoms with Gasteiger partial charge in [0.05, 0.1) is 12.1 Å². The summed E-state index contributed by atoms with van der Waals surface area (Å²) in [5.41, 5.74) is 5.69. The Labute approximate surface area is 102 Å². The molecular weight excluding hydrogens is 224 g/mol. The molecule has 0 saturated carbocycles. The average molecular weight is 248 g/mol. The van der Waals surface area contributed by atoms with Crippen LogP contribution in [0.25, 0.3) is 0 Å². The van der Waals surface area contributed by atoms with Gasteiger partial charge in [-0.05, 0) is 24.3 Å². The largest absolute Gasteiger partial charge is 0.391 e. The van der Waals surface area contributed by atoms with Crippen LogP contribution in [0, 0.1) is 5.92 Å². The quantitative estimate of drug-likeness (QED) is 0.588. The van der Waals surface area contributed by atoms with E-state index in [1.807, 2.05) is 20.1 Å². The van der Waals surface area contributed by atoms with Crippen LogP contribution in [0.5, 0.6) is 0 Å². The zero-order valence-electron chi connectivity index (χ0n) is 10.4. The van der Waals surface area contributed by atoms with Crippen LogP contribution in [-0.4, -0.2) is 41.7 Å². The topological polar surface area (TPSA) is 75.3 Å². The molecular formula is C11H24N2O2S. The van der Waals surface area contributed by atoms with Gasteiger partial charge in [-0.1, -0.05) is 20.3 Å². The Morgan fingerprint density at radius 2 is 2.19 bits per heavy atom. The Balaban J connectivity index is 3.79. The zero-order chi connectivity index (χ0) is 12.6. The normalized spacial score (nSPS) is 16.6. The summed E-state index contributed by atoms with van der Waals surface area (Å²) in [6.45, 7) is 4.27. The Kier molecular flexibility index (Phi) is 8.70. The molecule has 0 saturated heterocycles. The van der Waals surface area contributed by atoms with Crippen LogP contribution in [0.15, 0.2) is 0 Å². The van der Waals surface area contributed by atoms with Crippen molar-refractivity contribution < 1.29 is 9.90 Å². The maximum Gasteiger partial charge on any atom is 0.237 e. The van der Waals surface area contributed by atoms with Gasteiger partial charge in [0.1, 0.15) is 0 Å². The summed E-state index contributed by atoms with van der Waals surface area (Å²) in [7, 11) is 0. The predicted molar refractivity (Wildman–Crippen MR) is 69.4 cm³/mol. The number of thioether (sulfide) groups is 1. The first kappa shape index (κ1) is 15.7. The number of nitrogens with one attached hydrogen (secondary N) is 1. The van der Waals surface area contributed by atoms with Crippen molar-refractivity contribution in [2.45, 2.75) is 38.8 Å². The number of carbonyl (C=O) groups excluding carboxylic acids is 1. The molecule has 0 bridgehead atoms. The average Bonchev–Trinajstić information content (AvgIpc) is 2.31. The molecule has 0 aliphatic carbocycles. The molecule has 2 unspecified atom stereocenters. The molecule has 96 valence electrons. The minimum Gasteiger partial charge on any atom is -0.391 e. The highest BCUT2D eigenvalue weighted by Gasteiger charge is 2.16. The first-order valence-corrected chi connectivity index (χ1v) is 7.12.